The number of rotatable bonds is 2. The second kappa shape index (κ2) is 3.19. The van der Waals surface area contributed by atoms with Gasteiger partial charge in [-0.15, -0.1) is 0 Å². The van der Waals surface area contributed by atoms with Crippen molar-refractivity contribution in [3.05, 3.63) is 24.0 Å². The molecule has 0 amide bonds. The van der Waals surface area contributed by atoms with Crippen LogP contribution in [-0.4, -0.2) is 16.1 Å². The minimum absolute atomic E-state index is 0.131. The van der Waals surface area contributed by atoms with Gasteiger partial charge in [-0.25, -0.2) is 0 Å². The van der Waals surface area contributed by atoms with Gasteiger partial charge in [-0.05, 0) is 62.5 Å². The molecule has 4 bridgehead atoms. The van der Waals surface area contributed by atoms with Crippen LogP contribution in [0, 0.1) is 17.3 Å². The molecule has 4 aliphatic carbocycles. The van der Waals surface area contributed by atoms with Crippen LogP contribution in [0.3, 0.4) is 0 Å². The Morgan fingerprint density at radius 3 is 2.56 bits per heavy atom. The van der Waals surface area contributed by atoms with E-state index in [-0.39, 0.29) is 5.41 Å². The van der Waals surface area contributed by atoms with Gasteiger partial charge < -0.3 is 10.1 Å². The van der Waals surface area contributed by atoms with Gasteiger partial charge in [0.2, 0.25) is 0 Å². The summed E-state index contributed by atoms with van der Waals surface area (Å²) < 4.78 is 0. The molecule has 2 unspecified atom stereocenters. The molecule has 5 rings (SSSR count). The zero-order chi connectivity index (χ0) is 12.4. The van der Waals surface area contributed by atoms with E-state index in [1.807, 2.05) is 12.3 Å². The summed E-state index contributed by atoms with van der Waals surface area (Å²) in [7, 11) is 0. The number of aliphatic carboxylic acids is 1. The number of H-pyrrole nitrogens is 1. The van der Waals surface area contributed by atoms with Crippen LogP contribution in [0.2, 0.25) is 0 Å². The van der Waals surface area contributed by atoms with Gasteiger partial charge in [0.25, 0.3) is 0 Å². The van der Waals surface area contributed by atoms with Crippen molar-refractivity contribution in [2.45, 2.75) is 43.9 Å². The molecule has 1 heterocycles. The van der Waals surface area contributed by atoms with Crippen molar-refractivity contribution in [1.29, 1.82) is 0 Å². The third-order valence-electron chi connectivity index (χ3n) is 5.68. The fraction of sp³-hybridized carbons (Fsp3) is 0.667. The molecule has 0 saturated heterocycles. The summed E-state index contributed by atoms with van der Waals surface area (Å²) in [6.45, 7) is 0. The average molecular weight is 245 g/mol. The van der Waals surface area contributed by atoms with Crippen LogP contribution in [0.25, 0.3) is 0 Å². The van der Waals surface area contributed by atoms with Crippen LogP contribution in [0.1, 0.15) is 44.2 Å². The number of carboxylic acids is 1. The van der Waals surface area contributed by atoms with E-state index < -0.39 is 11.4 Å². The Hall–Kier alpha value is -1.25. The lowest BCUT2D eigenvalue weighted by atomic mass is 9.43. The van der Waals surface area contributed by atoms with Crippen LogP contribution in [-0.2, 0) is 10.2 Å². The topological polar surface area (TPSA) is 53.1 Å². The molecular weight excluding hydrogens is 226 g/mol. The van der Waals surface area contributed by atoms with Gasteiger partial charge >= 0.3 is 5.97 Å². The average Bonchev–Trinajstić information content (AvgIpc) is 2.80. The third kappa shape index (κ3) is 1.22. The predicted molar refractivity (Wildman–Crippen MR) is 67.2 cm³/mol. The van der Waals surface area contributed by atoms with E-state index in [1.165, 1.54) is 25.0 Å². The van der Waals surface area contributed by atoms with E-state index in [0.29, 0.717) is 11.8 Å². The van der Waals surface area contributed by atoms with Crippen molar-refractivity contribution < 1.29 is 9.90 Å². The minimum atomic E-state index is -0.549. The highest BCUT2D eigenvalue weighted by Crippen LogP contribution is 2.65. The maximum Gasteiger partial charge on any atom is 0.309 e. The molecule has 3 nitrogen and oxygen atoms in total. The Morgan fingerprint density at radius 2 is 2.00 bits per heavy atom. The van der Waals surface area contributed by atoms with Gasteiger partial charge in [0.1, 0.15) is 0 Å². The number of carbonyl (C=O) groups is 1. The molecule has 1 aromatic heterocycles. The number of nitrogens with one attached hydrogen (secondary N) is 1. The van der Waals surface area contributed by atoms with Gasteiger partial charge in [-0.1, -0.05) is 0 Å². The number of carboxylic acid groups (broad SMARTS) is 1. The maximum absolute atomic E-state index is 11.8. The second-order valence-electron chi connectivity index (χ2n) is 6.91. The van der Waals surface area contributed by atoms with Crippen LogP contribution in [0.15, 0.2) is 18.3 Å². The standard InChI is InChI=1S/C15H19NO2/c17-13(18)15-7-10-4-11(8-15)6-14(5-10,9-15)12-2-1-3-16-12/h1-3,10-11,16H,4-9H2,(H,17,18). The molecule has 96 valence electrons. The molecule has 1 aromatic rings. The number of aromatic amines is 1. The normalized spacial score (nSPS) is 45.3. The van der Waals surface area contributed by atoms with Crippen molar-refractivity contribution in [3.8, 4) is 0 Å². The molecule has 0 spiro atoms. The fourth-order valence-corrected chi connectivity index (χ4v) is 5.49. The van der Waals surface area contributed by atoms with E-state index in [4.69, 9.17) is 0 Å². The van der Waals surface area contributed by atoms with Gasteiger partial charge in [-0.3, -0.25) is 4.79 Å². The summed E-state index contributed by atoms with van der Waals surface area (Å²) in [5.41, 5.74) is 0.989. The molecule has 4 saturated carbocycles. The first-order valence-corrected chi connectivity index (χ1v) is 6.99. The third-order valence-corrected chi connectivity index (χ3v) is 5.68. The zero-order valence-electron chi connectivity index (χ0n) is 10.5. The number of hydrogen-bond donors (Lipinski definition) is 2. The lowest BCUT2D eigenvalue weighted by Gasteiger charge is -2.60. The van der Waals surface area contributed by atoms with Crippen LogP contribution < -0.4 is 0 Å². The first-order valence-electron chi connectivity index (χ1n) is 6.99. The van der Waals surface area contributed by atoms with Crippen molar-refractivity contribution in [2.24, 2.45) is 17.3 Å². The minimum Gasteiger partial charge on any atom is -0.481 e. The van der Waals surface area contributed by atoms with E-state index >= 15 is 0 Å². The predicted octanol–water partition coefficient (Wildman–Crippen LogP) is 2.94. The van der Waals surface area contributed by atoms with Crippen molar-refractivity contribution in [2.75, 3.05) is 0 Å². The van der Waals surface area contributed by atoms with Crippen molar-refractivity contribution >= 4 is 5.97 Å². The maximum atomic E-state index is 11.8. The van der Waals surface area contributed by atoms with Crippen LogP contribution >= 0.6 is 0 Å². The molecule has 0 aromatic carbocycles. The Labute approximate surface area is 107 Å². The highest BCUT2D eigenvalue weighted by atomic mass is 16.4. The van der Waals surface area contributed by atoms with Crippen LogP contribution in [0.5, 0.6) is 0 Å². The van der Waals surface area contributed by atoms with Crippen molar-refractivity contribution in [1.82, 2.24) is 4.98 Å². The van der Waals surface area contributed by atoms with E-state index in [2.05, 4.69) is 11.1 Å². The lowest BCUT2D eigenvalue weighted by molar-refractivity contribution is -0.167. The van der Waals surface area contributed by atoms with Gasteiger partial charge in [0.15, 0.2) is 0 Å². The molecule has 4 aliphatic rings. The van der Waals surface area contributed by atoms with E-state index in [0.717, 1.165) is 19.3 Å². The van der Waals surface area contributed by atoms with Gasteiger partial charge in [0.05, 0.1) is 5.41 Å². The highest BCUT2D eigenvalue weighted by molar-refractivity contribution is 5.75. The molecule has 18 heavy (non-hydrogen) atoms. The summed E-state index contributed by atoms with van der Waals surface area (Å²) in [4.78, 5) is 15.1. The number of aromatic nitrogens is 1. The molecule has 4 fully saturated rings. The SMILES string of the molecule is O=C(O)C12CC3CC(C1)CC(c1ccc[nH]1)(C3)C2. The Morgan fingerprint density at radius 1 is 1.28 bits per heavy atom. The van der Waals surface area contributed by atoms with Crippen LogP contribution in [0.4, 0.5) is 0 Å². The summed E-state index contributed by atoms with van der Waals surface area (Å²) in [6, 6.07) is 4.20. The largest absolute Gasteiger partial charge is 0.481 e. The molecule has 0 radical (unpaired) electrons. The summed E-state index contributed by atoms with van der Waals surface area (Å²) in [5, 5.41) is 9.68. The highest BCUT2D eigenvalue weighted by Gasteiger charge is 2.61. The monoisotopic (exact) mass is 245 g/mol. The fourth-order valence-electron chi connectivity index (χ4n) is 5.49. The first-order chi connectivity index (χ1) is 8.62. The molecular formula is C15H19NO2. The van der Waals surface area contributed by atoms with Crippen molar-refractivity contribution in [3.63, 3.8) is 0 Å². The molecule has 0 aliphatic heterocycles. The second-order valence-corrected chi connectivity index (χ2v) is 6.91. The Balaban J connectivity index is 1.81. The molecule has 3 heteroatoms. The zero-order valence-corrected chi connectivity index (χ0v) is 10.5. The smallest absolute Gasteiger partial charge is 0.309 e. The first kappa shape index (κ1) is 10.7. The summed E-state index contributed by atoms with van der Waals surface area (Å²) in [5.74, 6) is 0.712. The lowest BCUT2D eigenvalue weighted by Crippen LogP contribution is -2.56. The molecule has 2 atom stereocenters. The van der Waals surface area contributed by atoms with E-state index in [9.17, 15) is 9.90 Å². The summed E-state index contributed by atoms with van der Waals surface area (Å²) in [6.07, 6.45) is 8.31. The van der Waals surface area contributed by atoms with Gasteiger partial charge in [-0.2, -0.15) is 0 Å². The Bertz CT molecular complexity index is 477. The Kier molecular flexibility index (Phi) is 1.89. The molecule has 2 N–H and O–H groups in total. The van der Waals surface area contributed by atoms with Gasteiger partial charge in [0, 0.05) is 17.3 Å². The summed E-state index contributed by atoms with van der Waals surface area (Å²) >= 11 is 0. The number of hydrogen-bond acceptors (Lipinski definition) is 1. The quantitative estimate of drug-likeness (QED) is 0.841. The van der Waals surface area contributed by atoms with E-state index in [1.54, 1.807) is 0 Å².